The van der Waals surface area contributed by atoms with E-state index in [9.17, 15) is 27.6 Å². The number of aromatic nitrogens is 1. The number of rotatable bonds is 11. The summed E-state index contributed by atoms with van der Waals surface area (Å²) in [5.74, 6) is -0.999. The summed E-state index contributed by atoms with van der Waals surface area (Å²) < 4.78 is 45.0. The molecule has 1 saturated heterocycles. The van der Waals surface area contributed by atoms with Crippen molar-refractivity contribution in [3.63, 3.8) is 0 Å². The van der Waals surface area contributed by atoms with Gasteiger partial charge in [0.25, 0.3) is 5.91 Å². The third kappa shape index (κ3) is 9.82. The van der Waals surface area contributed by atoms with Crippen LogP contribution in [0, 0.1) is 5.41 Å². The molecule has 14 nitrogen and oxygen atoms in total. The number of hydrogen-bond acceptors (Lipinski definition) is 10. The monoisotopic (exact) mass is 799 g/mol. The molecule has 1 aliphatic carbocycles. The van der Waals surface area contributed by atoms with Crippen LogP contribution in [0.2, 0.25) is 0 Å². The molecule has 2 heterocycles. The van der Waals surface area contributed by atoms with Crippen molar-refractivity contribution in [1.82, 2.24) is 19.9 Å². The van der Waals surface area contributed by atoms with Crippen molar-refractivity contribution in [3.8, 4) is 22.8 Å². The molecule has 0 radical (unpaired) electrons. The van der Waals surface area contributed by atoms with E-state index in [2.05, 4.69) is 15.4 Å². The van der Waals surface area contributed by atoms with Gasteiger partial charge < -0.3 is 29.7 Å². The molecule has 3 aromatic carbocycles. The molecule has 15 heteroatoms. The summed E-state index contributed by atoms with van der Waals surface area (Å²) in [5, 5.41) is 5.55. The van der Waals surface area contributed by atoms with E-state index in [0.717, 1.165) is 5.56 Å². The second kappa shape index (κ2) is 16.0. The first-order valence-electron chi connectivity index (χ1n) is 18.8. The van der Waals surface area contributed by atoms with E-state index in [1.54, 1.807) is 72.9 Å². The number of sulfonamides is 1. The highest BCUT2D eigenvalue weighted by atomic mass is 32.2. The molecule has 2 fully saturated rings. The lowest BCUT2D eigenvalue weighted by molar-refractivity contribution is -0.140. The van der Waals surface area contributed by atoms with E-state index in [4.69, 9.17) is 19.2 Å². The number of fused-ring (bicyclic) bond motifs is 1. The predicted molar refractivity (Wildman–Crippen MR) is 215 cm³/mol. The summed E-state index contributed by atoms with van der Waals surface area (Å²) in [6, 6.07) is 20.6. The van der Waals surface area contributed by atoms with E-state index in [-0.39, 0.29) is 24.2 Å². The van der Waals surface area contributed by atoms with Crippen LogP contribution in [-0.4, -0.2) is 84.8 Å². The number of ether oxygens (including phenoxy) is 3. The number of carbonyl (C=O) groups excluding carboxylic acids is 4. The highest BCUT2D eigenvalue weighted by Crippen LogP contribution is 2.36. The Morgan fingerprint density at radius 2 is 1.58 bits per heavy atom. The molecular formula is C42H49N5O9S. The quantitative estimate of drug-likeness (QED) is 0.161. The van der Waals surface area contributed by atoms with Crippen molar-refractivity contribution >= 4 is 50.4 Å². The number of para-hydroxylation sites is 1. The number of hydrogen-bond donors (Lipinski definition) is 3. The zero-order valence-corrected chi connectivity index (χ0v) is 33.9. The molecule has 0 unspecified atom stereocenters. The predicted octanol–water partition coefficient (Wildman–Crippen LogP) is 6.06. The molecule has 0 bridgehead atoms. The lowest BCUT2D eigenvalue weighted by atomic mass is 9.85. The number of anilines is 1. The van der Waals surface area contributed by atoms with Crippen LogP contribution in [0.25, 0.3) is 22.2 Å². The van der Waals surface area contributed by atoms with E-state index < -0.39 is 68.3 Å². The minimum Gasteiger partial charge on any atom is -0.497 e. The Labute approximate surface area is 332 Å². The van der Waals surface area contributed by atoms with Crippen LogP contribution < -0.4 is 24.8 Å². The zero-order chi connectivity index (χ0) is 41.3. The summed E-state index contributed by atoms with van der Waals surface area (Å²) >= 11 is 0. The Morgan fingerprint density at radius 3 is 2.23 bits per heavy atom. The van der Waals surface area contributed by atoms with Gasteiger partial charge in [0.15, 0.2) is 0 Å². The van der Waals surface area contributed by atoms with Crippen molar-refractivity contribution in [2.75, 3.05) is 19.0 Å². The van der Waals surface area contributed by atoms with Gasteiger partial charge in [-0.1, -0.05) is 63.2 Å². The normalized spacial score (nSPS) is 17.7. The van der Waals surface area contributed by atoms with E-state index in [1.165, 1.54) is 17.0 Å². The largest absolute Gasteiger partial charge is 0.497 e. The van der Waals surface area contributed by atoms with Crippen LogP contribution in [-0.2, 0) is 24.3 Å². The number of nitrogens with zero attached hydrogens (tertiary/aromatic N) is 2. The fraction of sp³-hybridized carbons (Fsp3) is 0.405. The average molecular weight is 800 g/mol. The fourth-order valence-corrected chi connectivity index (χ4v) is 7.90. The zero-order valence-electron chi connectivity index (χ0n) is 33.1. The molecule has 1 saturated carbocycles. The molecule has 1 aliphatic heterocycles. The van der Waals surface area contributed by atoms with Gasteiger partial charge in [0, 0.05) is 29.5 Å². The summed E-state index contributed by atoms with van der Waals surface area (Å²) in [6.45, 7) is 10.5. The first-order valence-corrected chi connectivity index (χ1v) is 20.3. The number of pyridine rings is 1. The first kappa shape index (κ1) is 40.9. The van der Waals surface area contributed by atoms with Crippen molar-refractivity contribution in [1.29, 1.82) is 0 Å². The number of benzene rings is 3. The number of methoxy groups -OCH3 is 1. The molecule has 302 valence electrons. The van der Waals surface area contributed by atoms with Crippen LogP contribution in [0.4, 0.5) is 10.5 Å². The number of nitrogens with one attached hydrogen (secondary N) is 3. The Hall–Kier alpha value is -5.70. The van der Waals surface area contributed by atoms with Gasteiger partial charge in [0.1, 0.15) is 35.3 Å². The summed E-state index contributed by atoms with van der Waals surface area (Å²) in [4.78, 5) is 61.5. The third-order valence-corrected chi connectivity index (χ3v) is 11.4. The highest BCUT2D eigenvalue weighted by molar-refractivity contribution is 7.91. The fourth-order valence-electron chi connectivity index (χ4n) is 6.60. The molecule has 4 aromatic rings. The average Bonchev–Trinajstić information content (AvgIpc) is 3.93. The molecular weight excluding hydrogens is 751 g/mol. The molecule has 4 amide bonds. The maximum absolute atomic E-state index is 14.6. The lowest BCUT2D eigenvalue weighted by Crippen LogP contribution is -2.57. The Bertz CT molecular complexity index is 2280. The van der Waals surface area contributed by atoms with Gasteiger partial charge in [-0.25, -0.2) is 22.9 Å². The van der Waals surface area contributed by atoms with Gasteiger partial charge in [0.05, 0.1) is 41.4 Å². The molecule has 3 N–H and O–H groups in total. The van der Waals surface area contributed by atoms with Gasteiger partial charge >= 0.3 is 6.09 Å². The van der Waals surface area contributed by atoms with E-state index >= 15 is 0 Å². The van der Waals surface area contributed by atoms with Crippen LogP contribution in [0.15, 0.2) is 78.9 Å². The Balaban J connectivity index is 1.34. The molecule has 57 heavy (non-hydrogen) atoms. The maximum atomic E-state index is 14.6. The van der Waals surface area contributed by atoms with Crippen molar-refractivity contribution in [2.45, 2.75) is 89.8 Å². The van der Waals surface area contributed by atoms with Gasteiger partial charge in [-0.05, 0) is 63.3 Å². The maximum Gasteiger partial charge on any atom is 0.408 e. The van der Waals surface area contributed by atoms with Crippen molar-refractivity contribution < 1.29 is 41.8 Å². The molecule has 0 spiro atoms. The molecule has 2 aliphatic rings. The SMILES string of the molecule is COc1ccc2c(O[C@@H]3C[C@@H](C(=O)Nc4ccccc4C(=O)NS(=O)(=O)C4CC4)N(C(=O)[C@@H](NC(=O)OC(C)(C)C)C(C)(C)C)C3)cc(-c3ccccc3)nc2c1. The number of alkyl carbamates (subject to hydrolysis) is 1. The van der Waals surface area contributed by atoms with Gasteiger partial charge in [-0.15, -0.1) is 0 Å². The van der Waals surface area contributed by atoms with Crippen LogP contribution in [0.3, 0.4) is 0 Å². The number of carbonyl (C=O) groups is 4. The lowest BCUT2D eigenvalue weighted by Gasteiger charge is -2.35. The summed E-state index contributed by atoms with van der Waals surface area (Å²) in [6.07, 6.45) is -0.551. The van der Waals surface area contributed by atoms with E-state index in [0.29, 0.717) is 40.9 Å². The minimum absolute atomic E-state index is 0.0337. The second-order valence-electron chi connectivity index (χ2n) is 16.4. The Morgan fingerprint density at radius 1 is 0.895 bits per heavy atom. The molecule has 6 rings (SSSR count). The van der Waals surface area contributed by atoms with Crippen molar-refractivity contribution in [2.24, 2.45) is 5.41 Å². The Kier molecular flexibility index (Phi) is 11.5. The van der Waals surface area contributed by atoms with Gasteiger partial charge in [0.2, 0.25) is 21.8 Å². The van der Waals surface area contributed by atoms with Crippen molar-refractivity contribution in [3.05, 3.63) is 84.4 Å². The second-order valence-corrected chi connectivity index (χ2v) is 18.4. The summed E-state index contributed by atoms with van der Waals surface area (Å²) in [7, 11) is -2.31. The van der Waals surface area contributed by atoms with Gasteiger partial charge in [-0.2, -0.15) is 0 Å². The number of amides is 4. The number of likely N-dealkylation sites (tertiary alicyclic amines) is 1. The van der Waals surface area contributed by atoms with Crippen LogP contribution >= 0.6 is 0 Å². The third-order valence-electron chi connectivity index (χ3n) is 9.59. The van der Waals surface area contributed by atoms with Crippen LogP contribution in [0.1, 0.15) is 71.2 Å². The van der Waals surface area contributed by atoms with Crippen LogP contribution in [0.5, 0.6) is 11.5 Å². The smallest absolute Gasteiger partial charge is 0.408 e. The topological polar surface area (TPSA) is 182 Å². The van der Waals surface area contributed by atoms with E-state index in [1.807, 2.05) is 42.5 Å². The highest BCUT2D eigenvalue weighted by Gasteiger charge is 2.46. The molecule has 3 atom stereocenters. The summed E-state index contributed by atoms with van der Waals surface area (Å²) in [5.41, 5.74) is 0.433. The van der Waals surface area contributed by atoms with Gasteiger partial charge in [-0.3, -0.25) is 14.4 Å². The first-order chi connectivity index (χ1) is 26.8. The standard InChI is InChI=1S/C42H49N5O9S/c1-41(2,3)36(45-40(51)56-42(4,5)6)39(50)47-24-27(55-35-23-32(25-13-9-8-10-14-25)43-33-21-26(54-7)17-20-29(33)35)22-34(47)38(49)44-31-16-12-11-15-30(31)37(48)46-57(52,53)28-18-19-28/h8-17,20-21,23,27-28,34,36H,18-19,22,24H2,1-7H3,(H,44,49)(H,45,51)(H,46,48)/t27-,34+,36-/m1/s1. The molecule has 1 aromatic heterocycles. The minimum atomic E-state index is -3.88.